The molecule has 0 radical (unpaired) electrons. The smallest absolute Gasteiger partial charge is 0.0225 e. The van der Waals surface area contributed by atoms with Crippen LogP contribution in [0.3, 0.4) is 0 Å². The monoisotopic (exact) mass is 159 g/mol. The zero-order valence-electron chi connectivity index (χ0n) is 7.29. The molecule has 1 nitrogen and oxygen atoms in total. The summed E-state index contributed by atoms with van der Waals surface area (Å²) in [5, 5.41) is 0.924. The Balaban J connectivity index is 2.25. The minimum atomic E-state index is 0.710. The van der Waals surface area contributed by atoms with Crippen molar-refractivity contribution >= 4 is 11.8 Å². The third-order valence-electron chi connectivity index (χ3n) is 2.34. The van der Waals surface area contributed by atoms with Crippen LogP contribution >= 0.6 is 11.8 Å². The minimum absolute atomic E-state index is 0.710. The normalized spacial score (nSPS) is 31.8. The lowest BCUT2D eigenvalue weighted by molar-refractivity contribution is 0.265. The van der Waals surface area contributed by atoms with Gasteiger partial charge in [-0.15, -0.1) is 0 Å². The maximum absolute atomic E-state index is 2.47. The topological polar surface area (TPSA) is 3.24 Å². The molecule has 0 N–H and O–H groups in total. The lowest BCUT2D eigenvalue weighted by atomic mass is 10.3. The van der Waals surface area contributed by atoms with Gasteiger partial charge in [-0.3, -0.25) is 4.90 Å². The van der Waals surface area contributed by atoms with E-state index in [1.807, 2.05) is 11.8 Å². The molecule has 0 amide bonds. The summed E-state index contributed by atoms with van der Waals surface area (Å²) >= 11 is 2.00. The fourth-order valence-electron chi connectivity index (χ4n) is 1.22. The molecule has 1 saturated carbocycles. The molecule has 60 valence electrons. The highest BCUT2D eigenvalue weighted by Gasteiger charge is 2.40. The molecule has 0 unspecified atom stereocenters. The molecule has 0 aromatic carbocycles. The zero-order valence-corrected chi connectivity index (χ0v) is 8.11. The Kier molecular flexibility index (Phi) is 2.64. The molecule has 0 bridgehead atoms. The zero-order chi connectivity index (χ0) is 7.72. The first kappa shape index (κ1) is 8.41. The third-order valence-corrected chi connectivity index (χ3v) is 3.45. The fourth-order valence-corrected chi connectivity index (χ4v) is 2.12. The molecular weight excluding hydrogens is 142 g/mol. The summed E-state index contributed by atoms with van der Waals surface area (Å²) in [4.78, 5) is 2.47. The van der Waals surface area contributed by atoms with Gasteiger partial charge in [-0.2, -0.15) is 11.8 Å². The quantitative estimate of drug-likeness (QED) is 0.618. The van der Waals surface area contributed by atoms with E-state index in [0.29, 0.717) is 6.04 Å². The van der Waals surface area contributed by atoms with Gasteiger partial charge in [0.05, 0.1) is 0 Å². The van der Waals surface area contributed by atoms with E-state index in [9.17, 15) is 0 Å². The second-order valence-corrected chi connectivity index (χ2v) is 4.41. The van der Waals surface area contributed by atoms with E-state index in [-0.39, 0.29) is 0 Å². The van der Waals surface area contributed by atoms with Gasteiger partial charge >= 0.3 is 0 Å². The second kappa shape index (κ2) is 3.14. The maximum atomic E-state index is 2.47. The van der Waals surface area contributed by atoms with Crippen molar-refractivity contribution in [3.63, 3.8) is 0 Å². The number of hydrogen-bond donors (Lipinski definition) is 0. The highest BCUT2D eigenvalue weighted by molar-refractivity contribution is 7.99. The lowest BCUT2D eigenvalue weighted by Gasteiger charge is -2.20. The Bertz CT molecular complexity index is 114. The molecule has 0 aliphatic heterocycles. The van der Waals surface area contributed by atoms with Gasteiger partial charge in [0, 0.05) is 17.3 Å². The Morgan fingerprint density at radius 3 is 2.40 bits per heavy atom. The summed E-state index contributed by atoms with van der Waals surface area (Å²) in [5.74, 6) is 0. The highest BCUT2D eigenvalue weighted by atomic mass is 32.2. The van der Waals surface area contributed by atoms with Crippen molar-refractivity contribution in [2.24, 2.45) is 0 Å². The maximum Gasteiger partial charge on any atom is 0.0225 e. The van der Waals surface area contributed by atoms with Gasteiger partial charge in [-0.1, -0.05) is 0 Å². The first-order chi connectivity index (χ1) is 4.66. The summed E-state index contributed by atoms with van der Waals surface area (Å²) in [5.41, 5.74) is 0. The van der Waals surface area contributed by atoms with Crippen molar-refractivity contribution in [3.05, 3.63) is 0 Å². The molecule has 1 aliphatic carbocycles. The number of nitrogens with zero attached hydrogens (tertiary/aromatic N) is 1. The molecule has 1 aliphatic rings. The van der Waals surface area contributed by atoms with Crippen molar-refractivity contribution in [1.29, 1.82) is 0 Å². The molecule has 1 rings (SSSR count). The number of thioether (sulfide) groups is 1. The van der Waals surface area contributed by atoms with Gasteiger partial charge in [0.25, 0.3) is 0 Å². The average Bonchev–Trinajstić information content (AvgIpc) is 2.64. The van der Waals surface area contributed by atoms with Crippen LogP contribution in [0.25, 0.3) is 0 Å². The van der Waals surface area contributed by atoms with Crippen LogP contribution in [0.5, 0.6) is 0 Å². The van der Waals surface area contributed by atoms with Crippen molar-refractivity contribution in [1.82, 2.24) is 4.90 Å². The van der Waals surface area contributed by atoms with Crippen molar-refractivity contribution < 1.29 is 0 Å². The van der Waals surface area contributed by atoms with Gasteiger partial charge < -0.3 is 0 Å². The Morgan fingerprint density at radius 2 is 2.10 bits per heavy atom. The summed E-state index contributed by atoms with van der Waals surface area (Å²) in [6, 6.07) is 1.58. The molecule has 10 heavy (non-hydrogen) atoms. The third kappa shape index (κ3) is 1.67. The number of hydrogen-bond acceptors (Lipinski definition) is 2. The van der Waals surface area contributed by atoms with E-state index in [2.05, 4.69) is 32.1 Å². The summed E-state index contributed by atoms with van der Waals surface area (Å²) in [6.45, 7) is 4.52. The first-order valence-corrected chi connectivity index (χ1v) is 5.20. The van der Waals surface area contributed by atoms with Crippen molar-refractivity contribution in [2.45, 2.75) is 37.6 Å². The van der Waals surface area contributed by atoms with Gasteiger partial charge in [-0.25, -0.2) is 0 Å². The Labute approximate surface area is 68.2 Å². The number of rotatable bonds is 3. The van der Waals surface area contributed by atoms with Crippen LogP contribution in [0.15, 0.2) is 0 Å². The van der Waals surface area contributed by atoms with Crippen molar-refractivity contribution in [3.8, 4) is 0 Å². The van der Waals surface area contributed by atoms with E-state index in [0.717, 1.165) is 11.3 Å². The van der Waals surface area contributed by atoms with E-state index in [4.69, 9.17) is 0 Å². The second-order valence-electron chi connectivity index (χ2n) is 3.34. The fraction of sp³-hybridized carbons (Fsp3) is 1.00. The first-order valence-electron chi connectivity index (χ1n) is 3.91. The summed E-state index contributed by atoms with van der Waals surface area (Å²) < 4.78 is 0. The average molecular weight is 159 g/mol. The molecular formula is C8H17NS. The van der Waals surface area contributed by atoms with Gasteiger partial charge in [0.15, 0.2) is 0 Å². The van der Waals surface area contributed by atoms with Crippen LogP contribution in [-0.2, 0) is 0 Å². The molecule has 1 fully saturated rings. The highest BCUT2D eigenvalue weighted by Crippen LogP contribution is 2.37. The van der Waals surface area contributed by atoms with Crippen LogP contribution in [0, 0.1) is 0 Å². The standard InChI is InChI=1S/C8H17NS/c1-6(2)9(3)7-5-8(7)10-4/h6-8H,5H2,1-4H3/t7-,8-/m0/s1. The van der Waals surface area contributed by atoms with Crippen LogP contribution in [0.1, 0.15) is 20.3 Å². The molecule has 0 saturated heterocycles. The van der Waals surface area contributed by atoms with Crippen molar-refractivity contribution in [2.75, 3.05) is 13.3 Å². The lowest BCUT2D eigenvalue weighted by Crippen LogP contribution is -2.29. The van der Waals surface area contributed by atoms with Crippen LogP contribution in [0.4, 0.5) is 0 Å². The van der Waals surface area contributed by atoms with Crippen LogP contribution < -0.4 is 0 Å². The predicted octanol–water partition coefficient (Wildman–Crippen LogP) is 1.83. The Hall–Kier alpha value is 0.310. The molecule has 0 heterocycles. The molecule has 0 aromatic heterocycles. The molecule has 0 aromatic rings. The van der Waals surface area contributed by atoms with E-state index in [1.54, 1.807) is 0 Å². The molecule has 2 heteroatoms. The minimum Gasteiger partial charge on any atom is -0.300 e. The Morgan fingerprint density at radius 1 is 1.50 bits per heavy atom. The van der Waals surface area contributed by atoms with E-state index >= 15 is 0 Å². The van der Waals surface area contributed by atoms with Gasteiger partial charge in [-0.05, 0) is 33.6 Å². The largest absolute Gasteiger partial charge is 0.300 e. The van der Waals surface area contributed by atoms with E-state index in [1.165, 1.54) is 6.42 Å². The molecule has 2 atom stereocenters. The SMILES string of the molecule is CS[C@H]1C[C@@H]1N(C)C(C)C. The van der Waals surface area contributed by atoms with Gasteiger partial charge in [0.1, 0.15) is 0 Å². The van der Waals surface area contributed by atoms with E-state index < -0.39 is 0 Å². The predicted molar refractivity (Wildman–Crippen MR) is 48.6 cm³/mol. The van der Waals surface area contributed by atoms with Gasteiger partial charge in [0.2, 0.25) is 0 Å². The molecule has 0 spiro atoms. The summed E-state index contributed by atoms with van der Waals surface area (Å²) in [6.07, 6.45) is 3.61. The van der Waals surface area contributed by atoms with Crippen LogP contribution in [0.2, 0.25) is 0 Å². The summed E-state index contributed by atoms with van der Waals surface area (Å²) in [7, 11) is 2.23. The van der Waals surface area contributed by atoms with Crippen LogP contribution in [-0.4, -0.2) is 35.5 Å².